The van der Waals surface area contributed by atoms with Crippen LogP contribution in [0.1, 0.15) is 30.5 Å². The topological polar surface area (TPSA) is 112 Å². The van der Waals surface area contributed by atoms with Crippen molar-refractivity contribution in [2.75, 3.05) is 13.1 Å². The predicted molar refractivity (Wildman–Crippen MR) is 119 cm³/mol. The predicted octanol–water partition coefficient (Wildman–Crippen LogP) is 1.46. The molecule has 4 rings (SSSR count). The molecule has 1 unspecified atom stereocenters. The lowest BCUT2D eigenvalue weighted by molar-refractivity contribution is -0.140. The Labute approximate surface area is 192 Å². The first-order chi connectivity index (χ1) is 16.0. The van der Waals surface area contributed by atoms with Gasteiger partial charge < -0.3 is 20.1 Å². The van der Waals surface area contributed by atoms with Gasteiger partial charge >= 0.3 is 6.09 Å². The number of hydrogen-bond acceptors (Lipinski definition) is 6. The number of benzene rings is 1. The average molecular weight is 453 g/mol. The third-order valence-electron chi connectivity index (χ3n) is 5.95. The molecule has 9 nitrogen and oxygen atoms in total. The summed E-state index contributed by atoms with van der Waals surface area (Å²) in [6.45, 7) is 1.06. The second-order valence-electron chi connectivity index (χ2n) is 8.38. The van der Waals surface area contributed by atoms with Gasteiger partial charge in [0.15, 0.2) is 0 Å². The van der Waals surface area contributed by atoms with Crippen molar-refractivity contribution >= 4 is 17.9 Å². The van der Waals surface area contributed by atoms with Crippen LogP contribution >= 0.6 is 0 Å². The molecule has 2 fully saturated rings. The Balaban J connectivity index is 1.35. The van der Waals surface area contributed by atoms with Crippen LogP contribution in [-0.4, -0.2) is 69.1 Å². The van der Waals surface area contributed by atoms with Crippen molar-refractivity contribution in [3.63, 3.8) is 0 Å². The van der Waals surface area contributed by atoms with Crippen LogP contribution < -0.4 is 5.32 Å². The molecule has 2 aliphatic heterocycles. The van der Waals surface area contributed by atoms with Crippen LogP contribution in [0.2, 0.25) is 0 Å². The zero-order chi connectivity index (χ0) is 23.2. The minimum absolute atomic E-state index is 0.0100. The van der Waals surface area contributed by atoms with Gasteiger partial charge in [0.2, 0.25) is 11.8 Å². The number of rotatable bonds is 6. The van der Waals surface area contributed by atoms with E-state index in [1.807, 2.05) is 48.5 Å². The maximum Gasteiger partial charge on any atom is 0.410 e. The van der Waals surface area contributed by atoms with Crippen molar-refractivity contribution in [3.8, 4) is 0 Å². The fraction of sp³-hybridized carbons (Fsp3) is 0.417. The Bertz CT molecular complexity index is 971. The molecule has 2 saturated heterocycles. The van der Waals surface area contributed by atoms with Crippen molar-refractivity contribution in [2.24, 2.45) is 0 Å². The van der Waals surface area contributed by atoms with Crippen molar-refractivity contribution in [1.82, 2.24) is 20.1 Å². The summed E-state index contributed by atoms with van der Waals surface area (Å²) in [5.41, 5.74) is 1.61. The van der Waals surface area contributed by atoms with E-state index in [9.17, 15) is 19.5 Å². The van der Waals surface area contributed by atoms with E-state index in [0.717, 1.165) is 17.7 Å². The summed E-state index contributed by atoms with van der Waals surface area (Å²) in [6, 6.07) is 13.2. The van der Waals surface area contributed by atoms with E-state index in [1.165, 1.54) is 4.90 Å². The van der Waals surface area contributed by atoms with Gasteiger partial charge in [0.05, 0.1) is 24.9 Å². The number of aliphatic hydroxyl groups is 1. The molecular formula is C24H28N4O5. The summed E-state index contributed by atoms with van der Waals surface area (Å²) in [5, 5.41) is 12.9. The highest BCUT2D eigenvalue weighted by atomic mass is 16.6. The summed E-state index contributed by atoms with van der Waals surface area (Å²) in [5.74, 6) is -0.627. The monoisotopic (exact) mass is 452 g/mol. The second-order valence-corrected chi connectivity index (χ2v) is 8.38. The van der Waals surface area contributed by atoms with E-state index in [2.05, 4.69) is 10.3 Å². The Hall–Kier alpha value is -3.46. The Morgan fingerprint density at radius 3 is 2.70 bits per heavy atom. The highest BCUT2D eigenvalue weighted by Crippen LogP contribution is 2.21. The van der Waals surface area contributed by atoms with E-state index >= 15 is 0 Å². The van der Waals surface area contributed by atoms with Crippen LogP contribution in [0.5, 0.6) is 0 Å². The van der Waals surface area contributed by atoms with Gasteiger partial charge in [-0.2, -0.15) is 0 Å². The number of piperidine rings is 1. The summed E-state index contributed by atoms with van der Waals surface area (Å²) in [7, 11) is 0. The average Bonchev–Trinajstić information content (AvgIpc) is 3.23. The molecule has 1 aromatic carbocycles. The molecular weight excluding hydrogens is 424 g/mol. The van der Waals surface area contributed by atoms with Crippen LogP contribution in [0.3, 0.4) is 0 Å². The van der Waals surface area contributed by atoms with E-state index in [1.54, 1.807) is 11.1 Å². The number of nitrogens with zero attached hydrogens (tertiary/aromatic N) is 3. The molecule has 3 amide bonds. The normalized spacial score (nSPS) is 22.8. The van der Waals surface area contributed by atoms with Gasteiger partial charge in [-0.05, 0) is 30.5 Å². The number of nitrogens with one attached hydrogen (secondary N) is 1. The SMILES string of the molecule is O=C(NC1CCCN(Cc2ccccn2)C1=O)[C@@H]1C[C@@H](O)CN1C(=O)OCc1ccccc1. The molecule has 0 spiro atoms. The molecule has 0 bridgehead atoms. The van der Waals surface area contributed by atoms with E-state index < -0.39 is 30.2 Å². The first-order valence-electron chi connectivity index (χ1n) is 11.2. The molecule has 3 heterocycles. The highest BCUT2D eigenvalue weighted by molar-refractivity contribution is 5.92. The van der Waals surface area contributed by atoms with Crippen LogP contribution in [-0.2, 0) is 27.5 Å². The third kappa shape index (κ3) is 5.67. The highest BCUT2D eigenvalue weighted by Gasteiger charge is 2.41. The van der Waals surface area contributed by atoms with E-state index in [4.69, 9.17) is 4.74 Å². The maximum absolute atomic E-state index is 13.0. The Morgan fingerprint density at radius 2 is 1.94 bits per heavy atom. The van der Waals surface area contributed by atoms with Gasteiger partial charge in [-0.15, -0.1) is 0 Å². The molecule has 2 aliphatic rings. The molecule has 3 atom stereocenters. The number of aliphatic hydroxyl groups excluding tert-OH is 1. The quantitative estimate of drug-likeness (QED) is 0.686. The lowest BCUT2D eigenvalue weighted by Crippen LogP contribution is -2.55. The van der Waals surface area contributed by atoms with Crippen LogP contribution in [0, 0.1) is 0 Å². The lowest BCUT2D eigenvalue weighted by atomic mass is 10.0. The molecule has 1 aromatic heterocycles. The fourth-order valence-electron chi connectivity index (χ4n) is 4.25. The number of aromatic nitrogens is 1. The molecule has 9 heteroatoms. The number of carbonyl (C=O) groups is 3. The van der Waals surface area contributed by atoms with Crippen molar-refractivity contribution < 1.29 is 24.2 Å². The first kappa shape index (κ1) is 22.7. The van der Waals surface area contributed by atoms with Crippen molar-refractivity contribution in [3.05, 3.63) is 66.0 Å². The first-order valence-corrected chi connectivity index (χ1v) is 11.2. The van der Waals surface area contributed by atoms with Crippen LogP contribution in [0.15, 0.2) is 54.7 Å². The van der Waals surface area contributed by atoms with Crippen molar-refractivity contribution in [2.45, 2.75) is 50.6 Å². The second kappa shape index (κ2) is 10.4. The van der Waals surface area contributed by atoms with Gasteiger partial charge in [0.1, 0.15) is 18.7 Å². The Morgan fingerprint density at radius 1 is 1.15 bits per heavy atom. The van der Waals surface area contributed by atoms with Gasteiger partial charge in [-0.25, -0.2) is 4.79 Å². The van der Waals surface area contributed by atoms with Gasteiger partial charge in [-0.1, -0.05) is 36.4 Å². The summed E-state index contributed by atoms with van der Waals surface area (Å²) in [6.07, 6.45) is 1.57. The largest absolute Gasteiger partial charge is 0.445 e. The number of likely N-dealkylation sites (tertiary alicyclic amines) is 2. The van der Waals surface area contributed by atoms with E-state index in [-0.39, 0.29) is 25.5 Å². The zero-order valence-electron chi connectivity index (χ0n) is 18.3. The summed E-state index contributed by atoms with van der Waals surface area (Å²) < 4.78 is 5.35. The van der Waals surface area contributed by atoms with Crippen molar-refractivity contribution in [1.29, 1.82) is 0 Å². The fourth-order valence-corrected chi connectivity index (χ4v) is 4.25. The number of β-amino-alcohol motifs (C(OH)–C–C–N with tert-alkyl or cyclic N) is 1. The molecule has 33 heavy (non-hydrogen) atoms. The van der Waals surface area contributed by atoms with Crippen LogP contribution in [0.4, 0.5) is 4.79 Å². The molecule has 174 valence electrons. The third-order valence-corrected chi connectivity index (χ3v) is 5.95. The summed E-state index contributed by atoms with van der Waals surface area (Å²) in [4.78, 5) is 45.8. The molecule has 2 N–H and O–H groups in total. The van der Waals surface area contributed by atoms with E-state index in [0.29, 0.717) is 19.5 Å². The number of amides is 3. The minimum atomic E-state index is -0.887. The smallest absolute Gasteiger partial charge is 0.410 e. The van der Waals surface area contributed by atoms with Crippen LogP contribution in [0.25, 0.3) is 0 Å². The lowest BCUT2D eigenvalue weighted by Gasteiger charge is -2.33. The summed E-state index contributed by atoms with van der Waals surface area (Å²) >= 11 is 0. The molecule has 0 aliphatic carbocycles. The standard InChI is InChI=1S/C24H28N4O5/c29-19-13-21(28(15-19)24(32)33-16-17-7-2-1-3-8-17)22(30)26-20-10-6-12-27(23(20)31)14-18-9-4-5-11-25-18/h1-5,7-9,11,19-21,29H,6,10,12-16H2,(H,26,30)/t19-,20?,21+/m1/s1. The number of pyridine rings is 1. The minimum Gasteiger partial charge on any atom is -0.445 e. The molecule has 2 aromatic rings. The number of hydrogen-bond donors (Lipinski definition) is 2. The van der Waals surface area contributed by atoms with Gasteiger partial charge in [-0.3, -0.25) is 19.5 Å². The zero-order valence-corrected chi connectivity index (χ0v) is 18.3. The van der Waals surface area contributed by atoms with Gasteiger partial charge in [0, 0.05) is 19.2 Å². The number of ether oxygens (including phenoxy) is 1. The maximum atomic E-state index is 13.0. The van der Waals surface area contributed by atoms with Gasteiger partial charge in [0.25, 0.3) is 0 Å². The molecule has 0 radical (unpaired) electrons. The molecule has 0 saturated carbocycles. The number of carbonyl (C=O) groups excluding carboxylic acids is 3. The Kier molecular flexibility index (Phi) is 7.19.